The molecule has 0 aromatic carbocycles. The predicted octanol–water partition coefficient (Wildman–Crippen LogP) is 1.21. The van der Waals surface area contributed by atoms with Crippen molar-refractivity contribution in [3.8, 4) is 0 Å². The molecule has 21 heavy (non-hydrogen) atoms. The number of hydrogen-bond donors (Lipinski definition) is 2. The summed E-state index contributed by atoms with van der Waals surface area (Å²) in [6.07, 6.45) is 5.93. The number of sulfonamides is 1. The van der Waals surface area contributed by atoms with Crippen molar-refractivity contribution < 1.29 is 18.3 Å². The third-order valence-electron chi connectivity index (χ3n) is 3.05. The molecule has 1 fully saturated rings. The number of pyridine rings is 1. The Morgan fingerprint density at radius 3 is 3.00 bits per heavy atom. The van der Waals surface area contributed by atoms with Crippen molar-refractivity contribution in [1.82, 2.24) is 9.71 Å². The summed E-state index contributed by atoms with van der Waals surface area (Å²) in [5, 5.41) is 8.57. The molecule has 2 heterocycles. The van der Waals surface area contributed by atoms with Gasteiger partial charge in [0.15, 0.2) is 0 Å². The molecule has 1 aromatic rings. The molecular formula is C13H16N2O4S2. The highest BCUT2D eigenvalue weighted by atomic mass is 32.2. The van der Waals surface area contributed by atoms with Gasteiger partial charge in [0.25, 0.3) is 0 Å². The third-order valence-corrected chi connectivity index (χ3v) is 5.67. The molecule has 0 bridgehead atoms. The van der Waals surface area contributed by atoms with Gasteiger partial charge in [-0.05, 0) is 41.6 Å². The minimum absolute atomic E-state index is 0.0423. The molecule has 0 spiro atoms. The number of hydrogen-bond acceptors (Lipinski definition) is 5. The molecule has 1 atom stereocenters. The minimum atomic E-state index is -3.61. The fourth-order valence-electron chi connectivity index (χ4n) is 1.90. The van der Waals surface area contributed by atoms with Crippen LogP contribution in [0.1, 0.15) is 12.0 Å². The van der Waals surface area contributed by atoms with Gasteiger partial charge in [0, 0.05) is 25.0 Å². The van der Waals surface area contributed by atoms with Crippen LogP contribution >= 0.6 is 11.8 Å². The Morgan fingerprint density at radius 2 is 2.33 bits per heavy atom. The molecule has 0 amide bonds. The monoisotopic (exact) mass is 328 g/mol. The Balaban J connectivity index is 2.08. The lowest BCUT2D eigenvalue weighted by atomic mass is 10.1. The number of carboxylic acids is 1. The van der Waals surface area contributed by atoms with Gasteiger partial charge in [-0.15, -0.1) is 0 Å². The Hall–Kier alpha value is -1.38. The molecule has 114 valence electrons. The van der Waals surface area contributed by atoms with Gasteiger partial charge in [-0.3, -0.25) is 4.98 Å². The number of carbonyl (C=O) groups is 1. The van der Waals surface area contributed by atoms with Gasteiger partial charge < -0.3 is 5.11 Å². The summed E-state index contributed by atoms with van der Waals surface area (Å²) in [5.74, 6) is 1.32. The molecule has 6 nitrogen and oxygen atoms in total. The predicted molar refractivity (Wildman–Crippen MR) is 81.5 cm³/mol. The van der Waals surface area contributed by atoms with Crippen LogP contribution in [0.2, 0.25) is 0 Å². The number of carboxylic acid groups (broad SMARTS) is 1. The van der Waals surface area contributed by atoms with E-state index in [-0.39, 0.29) is 4.90 Å². The van der Waals surface area contributed by atoms with Crippen LogP contribution < -0.4 is 4.72 Å². The topological polar surface area (TPSA) is 96.4 Å². The molecule has 8 heteroatoms. The van der Waals surface area contributed by atoms with Crippen molar-refractivity contribution in [2.45, 2.75) is 11.3 Å². The SMILES string of the molecule is O=C(O)/C=C/c1cncc(S(=O)(=O)NCC2CCSC2)c1. The summed E-state index contributed by atoms with van der Waals surface area (Å²) >= 11 is 1.83. The van der Waals surface area contributed by atoms with Crippen molar-refractivity contribution in [2.24, 2.45) is 5.92 Å². The van der Waals surface area contributed by atoms with Crippen molar-refractivity contribution in [1.29, 1.82) is 0 Å². The van der Waals surface area contributed by atoms with Crippen LogP contribution in [-0.4, -0.2) is 42.5 Å². The zero-order valence-electron chi connectivity index (χ0n) is 11.2. The molecule has 2 rings (SSSR count). The van der Waals surface area contributed by atoms with Gasteiger partial charge in [-0.2, -0.15) is 11.8 Å². The van der Waals surface area contributed by atoms with Crippen LogP contribution in [0.15, 0.2) is 29.4 Å². The zero-order chi connectivity index (χ0) is 15.3. The van der Waals surface area contributed by atoms with E-state index in [2.05, 4.69) is 9.71 Å². The van der Waals surface area contributed by atoms with Crippen LogP contribution in [-0.2, 0) is 14.8 Å². The van der Waals surface area contributed by atoms with Gasteiger partial charge in [0.05, 0.1) is 0 Å². The largest absolute Gasteiger partial charge is 0.478 e. The van der Waals surface area contributed by atoms with E-state index < -0.39 is 16.0 Å². The van der Waals surface area contributed by atoms with E-state index >= 15 is 0 Å². The lowest BCUT2D eigenvalue weighted by Gasteiger charge is -2.10. The van der Waals surface area contributed by atoms with Crippen LogP contribution in [0.25, 0.3) is 6.08 Å². The standard InChI is InChI=1S/C13H16N2O4S2/c16-13(17)2-1-10-5-12(8-14-6-10)21(18,19)15-7-11-3-4-20-9-11/h1-2,5-6,8,11,15H,3-4,7,9H2,(H,16,17)/b2-1+. The number of aliphatic carboxylic acids is 1. The van der Waals surface area contributed by atoms with Crippen molar-refractivity contribution in [2.75, 3.05) is 18.1 Å². The van der Waals surface area contributed by atoms with Crippen molar-refractivity contribution >= 4 is 33.8 Å². The van der Waals surface area contributed by atoms with E-state index in [9.17, 15) is 13.2 Å². The highest BCUT2D eigenvalue weighted by Gasteiger charge is 2.20. The van der Waals surface area contributed by atoms with E-state index in [4.69, 9.17) is 5.11 Å². The molecule has 0 radical (unpaired) electrons. The molecule has 0 saturated carbocycles. The van der Waals surface area contributed by atoms with Gasteiger partial charge >= 0.3 is 5.97 Å². The van der Waals surface area contributed by atoms with Gasteiger partial charge in [-0.25, -0.2) is 17.9 Å². The number of nitrogens with zero attached hydrogens (tertiary/aromatic N) is 1. The summed E-state index contributed by atoms with van der Waals surface area (Å²) in [7, 11) is -3.61. The van der Waals surface area contributed by atoms with Crippen molar-refractivity contribution in [3.63, 3.8) is 0 Å². The van der Waals surface area contributed by atoms with E-state index in [0.29, 0.717) is 18.0 Å². The highest BCUT2D eigenvalue weighted by molar-refractivity contribution is 7.99. The fraction of sp³-hybridized carbons (Fsp3) is 0.385. The molecule has 1 saturated heterocycles. The lowest BCUT2D eigenvalue weighted by molar-refractivity contribution is -0.131. The van der Waals surface area contributed by atoms with Crippen molar-refractivity contribution in [3.05, 3.63) is 30.1 Å². The van der Waals surface area contributed by atoms with Crippen LogP contribution in [0.5, 0.6) is 0 Å². The number of thioether (sulfide) groups is 1. The molecule has 1 unspecified atom stereocenters. The number of rotatable bonds is 6. The molecular weight excluding hydrogens is 312 g/mol. The number of nitrogens with one attached hydrogen (secondary N) is 1. The second-order valence-corrected chi connectivity index (χ2v) is 7.62. The van der Waals surface area contributed by atoms with Crippen LogP contribution in [0, 0.1) is 5.92 Å². The normalized spacial score (nSPS) is 19.1. The summed E-state index contributed by atoms with van der Waals surface area (Å²) in [6, 6.07) is 1.40. The third kappa shape index (κ3) is 4.83. The first-order valence-electron chi connectivity index (χ1n) is 6.41. The second kappa shape index (κ2) is 7.06. The lowest BCUT2D eigenvalue weighted by Crippen LogP contribution is -2.29. The average molecular weight is 328 g/mol. The Morgan fingerprint density at radius 1 is 1.52 bits per heavy atom. The first-order chi connectivity index (χ1) is 9.97. The smallest absolute Gasteiger partial charge is 0.328 e. The first-order valence-corrected chi connectivity index (χ1v) is 9.04. The van der Waals surface area contributed by atoms with Crippen LogP contribution in [0.4, 0.5) is 0 Å². The summed E-state index contributed by atoms with van der Waals surface area (Å²) in [6.45, 7) is 0.421. The summed E-state index contributed by atoms with van der Waals surface area (Å²) in [5.41, 5.74) is 0.427. The Bertz CT molecular complexity index is 637. The average Bonchev–Trinajstić information content (AvgIpc) is 2.97. The van der Waals surface area contributed by atoms with Gasteiger partial charge in [0.1, 0.15) is 4.90 Å². The van der Waals surface area contributed by atoms with E-state index in [1.54, 1.807) is 0 Å². The van der Waals surface area contributed by atoms with E-state index in [0.717, 1.165) is 24.0 Å². The number of aromatic nitrogens is 1. The second-order valence-electron chi connectivity index (χ2n) is 4.71. The minimum Gasteiger partial charge on any atom is -0.478 e. The maximum Gasteiger partial charge on any atom is 0.328 e. The maximum atomic E-state index is 12.2. The zero-order valence-corrected chi connectivity index (χ0v) is 12.9. The Labute approximate surface area is 127 Å². The fourth-order valence-corrected chi connectivity index (χ4v) is 4.29. The molecule has 1 aliphatic heterocycles. The van der Waals surface area contributed by atoms with E-state index in [1.807, 2.05) is 11.8 Å². The van der Waals surface area contributed by atoms with Crippen LogP contribution in [0.3, 0.4) is 0 Å². The quantitative estimate of drug-likeness (QED) is 0.762. The van der Waals surface area contributed by atoms with Gasteiger partial charge in [-0.1, -0.05) is 0 Å². The summed E-state index contributed by atoms with van der Waals surface area (Å²) < 4.78 is 26.9. The maximum absolute atomic E-state index is 12.2. The first kappa shape index (κ1) is 16.0. The molecule has 2 N–H and O–H groups in total. The molecule has 1 aromatic heterocycles. The summed E-state index contributed by atoms with van der Waals surface area (Å²) in [4.78, 5) is 14.3. The van der Waals surface area contributed by atoms with E-state index in [1.165, 1.54) is 24.5 Å². The molecule has 0 aliphatic carbocycles. The highest BCUT2D eigenvalue weighted by Crippen LogP contribution is 2.23. The molecule has 1 aliphatic rings. The van der Waals surface area contributed by atoms with Gasteiger partial charge in [0.2, 0.25) is 10.0 Å². The Kier molecular flexibility index (Phi) is 5.38.